The van der Waals surface area contributed by atoms with Gasteiger partial charge in [-0.2, -0.15) is 0 Å². The van der Waals surface area contributed by atoms with Crippen LogP contribution in [0.5, 0.6) is 0 Å². The Morgan fingerprint density at radius 1 is 1.50 bits per heavy atom. The maximum atomic E-state index is 13.7. The van der Waals surface area contributed by atoms with E-state index in [1.54, 1.807) is 6.07 Å². The van der Waals surface area contributed by atoms with Crippen LogP contribution in [-0.2, 0) is 6.54 Å². The Balaban J connectivity index is 2.57. The second kappa shape index (κ2) is 5.46. The quantitative estimate of drug-likeness (QED) is 0.854. The molecule has 0 radical (unpaired) electrons. The highest BCUT2D eigenvalue weighted by Crippen LogP contribution is 2.23. The number of imidazole rings is 1. The van der Waals surface area contributed by atoms with Crippen molar-refractivity contribution in [2.75, 3.05) is 6.61 Å². The van der Waals surface area contributed by atoms with Crippen molar-refractivity contribution in [2.24, 2.45) is 5.73 Å². The molecule has 2 aromatic rings. The number of benzene rings is 1. The van der Waals surface area contributed by atoms with Gasteiger partial charge in [-0.05, 0) is 25.0 Å². The summed E-state index contributed by atoms with van der Waals surface area (Å²) in [6, 6.07) is 4.55. The lowest BCUT2D eigenvalue weighted by molar-refractivity contribution is 0.273. The molecular weight excluding hydrogens is 233 g/mol. The van der Waals surface area contributed by atoms with Crippen molar-refractivity contribution in [3.05, 3.63) is 29.8 Å². The summed E-state index contributed by atoms with van der Waals surface area (Å²) in [5.41, 5.74) is 7.10. The molecule has 0 aliphatic carbocycles. The largest absolute Gasteiger partial charge is 0.396 e. The molecule has 0 spiro atoms. The summed E-state index contributed by atoms with van der Waals surface area (Å²) in [7, 11) is 0. The first-order chi connectivity index (χ1) is 8.69. The van der Waals surface area contributed by atoms with E-state index < -0.39 is 0 Å². The molecule has 0 saturated carbocycles. The Bertz CT molecular complexity index is 538. The summed E-state index contributed by atoms with van der Waals surface area (Å²) in [5.74, 6) is 0.311. The number of halogens is 1. The van der Waals surface area contributed by atoms with Crippen molar-refractivity contribution in [1.82, 2.24) is 9.55 Å². The second-order valence-corrected chi connectivity index (χ2v) is 4.35. The van der Waals surface area contributed by atoms with Gasteiger partial charge in [-0.1, -0.05) is 13.0 Å². The van der Waals surface area contributed by atoms with Crippen LogP contribution in [-0.4, -0.2) is 21.3 Å². The van der Waals surface area contributed by atoms with E-state index in [4.69, 9.17) is 10.8 Å². The molecular formula is C13H18FN3O. The fraction of sp³-hybridized carbons (Fsp3) is 0.462. The number of aromatic nitrogens is 2. The predicted molar refractivity (Wildman–Crippen MR) is 68.6 cm³/mol. The van der Waals surface area contributed by atoms with E-state index in [1.165, 1.54) is 6.07 Å². The third-order valence-corrected chi connectivity index (χ3v) is 2.98. The van der Waals surface area contributed by atoms with Crippen LogP contribution >= 0.6 is 0 Å². The first kappa shape index (κ1) is 13.0. The van der Waals surface area contributed by atoms with E-state index in [0.717, 1.165) is 18.5 Å². The molecule has 0 saturated heterocycles. The van der Waals surface area contributed by atoms with Crippen molar-refractivity contribution < 1.29 is 9.50 Å². The summed E-state index contributed by atoms with van der Waals surface area (Å²) >= 11 is 0. The lowest BCUT2D eigenvalue weighted by atomic mass is 10.2. The van der Waals surface area contributed by atoms with Gasteiger partial charge in [-0.3, -0.25) is 0 Å². The SMILES string of the molecule is CCCn1c(C(N)CCO)nc2c(F)cccc21. The number of rotatable bonds is 5. The number of fused-ring (bicyclic) bond motifs is 1. The molecule has 1 aromatic heterocycles. The maximum Gasteiger partial charge on any atom is 0.151 e. The number of hydrogen-bond acceptors (Lipinski definition) is 3. The second-order valence-electron chi connectivity index (χ2n) is 4.35. The van der Waals surface area contributed by atoms with Crippen LogP contribution in [0.4, 0.5) is 4.39 Å². The van der Waals surface area contributed by atoms with E-state index >= 15 is 0 Å². The van der Waals surface area contributed by atoms with Gasteiger partial charge in [-0.25, -0.2) is 9.37 Å². The van der Waals surface area contributed by atoms with Gasteiger partial charge in [0.25, 0.3) is 0 Å². The molecule has 0 fully saturated rings. The number of hydrogen-bond donors (Lipinski definition) is 2. The topological polar surface area (TPSA) is 64.1 Å². The minimum Gasteiger partial charge on any atom is -0.396 e. The maximum absolute atomic E-state index is 13.7. The number of nitrogens with zero attached hydrogens (tertiary/aromatic N) is 2. The van der Waals surface area contributed by atoms with Gasteiger partial charge in [0.15, 0.2) is 5.82 Å². The summed E-state index contributed by atoms with van der Waals surface area (Å²) in [6.45, 7) is 2.79. The van der Waals surface area contributed by atoms with E-state index in [1.807, 2.05) is 17.6 Å². The summed E-state index contributed by atoms with van der Waals surface area (Å²) in [5, 5.41) is 8.96. The first-order valence-electron chi connectivity index (χ1n) is 6.20. The molecule has 0 amide bonds. The van der Waals surface area contributed by atoms with Crippen LogP contribution in [0.25, 0.3) is 11.0 Å². The van der Waals surface area contributed by atoms with Gasteiger partial charge in [0.05, 0.1) is 11.6 Å². The fourth-order valence-electron chi connectivity index (χ4n) is 2.14. The lowest BCUT2D eigenvalue weighted by Crippen LogP contribution is -2.18. The van der Waals surface area contributed by atoms with Crippen molar-refractivity contribution >= 4 is 11.0 Å². The summed E-state index contributed by atoms with van der Waals surface area (Å²) in [6.07, 6.45) is 1.34. The monoisotopic (exact) mass is 251 g/mol. The average Bonchev–Trinajstić information content (AvgIpc) is 2.71. The van der Waals surface area contributed by atoms with Gasteiger partial charge in [0, 0.05) is 13.2 Å². The van der Waals surface area contributed by atoms with Crippen molar-refractivity contribution in [3.8, 4) is 0 Å². The molecule has 4 nitrogen and oxygen atoms in total. The van der Waals surface area contributed by atoms with Crippen LogP contribution in [0.2, 0.25) is 0 Å². The zero-order valence-corrected chi connectivity index (χ0v) is 10.4. The molecule has 1 unspecified atom stereocenters. The van der Waals surface area contributed by atoms with Crippen LogP contribution in [0.15, 0.2) is 18.2 Å². The molecule has 0 aliphatic heterocycles. The van der Waals surface area contributed by atoms with Crippen molar-refractivity contribution in [2.45, 2.75) is 32.4 Å². The molecule has 3 N–H and O–H groups in total. The lowest BCUT2D eigenvalue weighted by Gasteiger charge is -2.12. The third kappa shape index (κ3) is 2.23. The van der Waals surface area contributed by atoms with Gasteiger partial charge < -0.3 is 15.4 Å². The molecule has 1 heterocycles. The Morgan fingerprint density at radius 3 is 2.94 bits per heavy atom. The predicted octanol–water partition coefficient (Wildman–Crippen LogP) is 1.97. The first-order valence-corrected chi connectivity index (χ1v) is 6.20. The Hall–Kier alpha value is -1.46. The minimum absolute atomic E-state index is 0.00101. The average molecular weight is 251 g/mol. The van der Waals surface area contributed by atoms with Crippen molar-refractivity contribution in [3.63, 3.8) is 0 Å². The smallest absolute Gasteiger partial charge is 0.151 e. The summed E-state index contributed by atoms with van der Waals surface area (Å²) < 4.78 is 15.6. The number of para-hydroxylation sites is 1. The molecule has 0 aliphatic rings. The Morgan fingerprint density at radius 2 is 2.28 bits per heavy atom. The highest BCUT2D eigenvalue weighted by molar-refractivity contribution is 5.76. The molecule has 98 valence electrons. The van der Waals surface area contributed by atoms with Crippen LogP contribution in [0.1, 0.15) is 31.6 Å². The highest BCUT2D eigenvalue weighted by atomic mass is 19.1. The van der Waals surface area contributed by atoms with Crippen LogP contribution < -0.4 is 5.73 Å². The zero-order chi connectivity index (χ0) is 13.1. The molecule has 2 rings (SSSR count). The van der Waals surface area contributed by atoms with E-state index in [2.05, 4.69) is 4.98 Å². The van der Waals surface area contributed by atoms with Crippen LogP contribution in [0, 0.1) is 5.82 Å². The van der Waals surface area contributed by atoms with Crippen molar-refractivity contribution in [1.29, 1.82) is 0 Å². The number of aliphatic hydroxyl groups is 1. The highest BCUT2D eigenvalue weighted by Gasteiger charge is 2.17. The molecule has 1 aromatic carbocycles. The molecule has 1 atom stereocenters. The van der Waals surface area contributed by atoms with E-state index in [9.17, 15) is 4.39 Å². The van der Waals surface area contributed by atoms with E-state index in [0.29, 0.717) is 17.8 Å². The summed E-state index contributed by atoms with van der Waals surface area (Å²) in [4.78, 5) is 4.30. The number of nitrogens with two attached hydrogens (primary N) is 1. The van der Waals surface area contributed by atoms with Gasteiger partial charge >= 0.3 is 0 Å². The molecule has 5 heteroatoms. The Labute approximate surface area is 105 Å². The minimum atomic E-state index is -0.367. The molecule has 0 bridgehead atoms. The van der Waals surface area contributed by atoms with Gasteiger partial charge in [0.2, 0.25) is 0 Å². The zero-order valence-electron chi connectivity index (χ0n) is 10.4. The number of aliphatic hydroxyl groups excluding tert-OH is 1. The fourth-order valence-corrected chi connectivity index (χ4v) is 2.14. The van der Waals surface area contributed by atoms with E-state index in [-0.39, 0.29) is 18.5 Å². The normalized spacial score (nSPS) is 13.1. The standard InChI is InChI=1S/C13H18FN3O/c1-2-7-17-11-5-3-4-9(14)12(11)16-13(17)10(15)6-8-18/h3-5,10,18H,2,6-8,15H2,1H3. The Kier molecular flexibility index (Phi) is 3.93. The molecule has 18 heavy (non-hydrogen) atoms. The van der Waals surface area contributed by atoms with Gasteiger partial charge in [-0.15, -0.1) is 0 Å². The van der Waals surface area contributed by atoms with Gasteiger partial charge in [0.1, 0.15) is 11.3 Å². The van der Waals surface area contributed by atoms with Crippen LogP contribution in [0.3, 0.4) is 0 Å². The third-order valence-electron chi connectivity index (χ3n) is 2.98. The number of aryl methyl sites for hydroxylation is 1.